The van der Waals surface area contributed by atoms with Crippen molar-refractivity contribution in [3.05, 3.63) is 27.6 Å². The first-order chi connectivity index (χ1) is 7.49. The summed E-state index contributed by atoms with van der Waals surface area (Å²) in [5.41, 5.74) is 1.40. The van der Waals surface area contributed by atoms with Crippen LogP contribution in [0.3, 0.4) is 0 Å². The van der Waals surface area contributed by atoms with E-state index in [-0.39, 0.29) is 5.82 Å². The molecular weight excluding hydrogens is 316 g/mol. The summed E-state index contributed by atoms with van der Waals surface area (Å²) in [6, 6.07) is 5.44. The number of benzene rings is 1. The van der Waals surface area contributed by atoms with Gasteiger partial charge in [-0.15, -0.1) is 0 Å². The molecule has 1 aromatic rings. The Balaban J connectivity index is 2.15. The van der Waals surface area contributed by atoms with Crippen LogP contribution >= 0.6 is 22.6 Å². The zero-order chi connectivity index (χ0) is 11.8. The molecule has 1 N–H and O–H groups in total. The molecule has 0 amide bonds. The van der Waals surface area contributed by atoms with Crippen molar-refractivity contribution in [1.82, 2.24) is 0 Å². The lowest BCUT2D eigenvalue weighted by Crippen LogP contribution is -2.31. The smallest absolute Gasteiger partial charge is 0.124 e. The molecule has 1 aliphatic rings. The third-order valence-electron chi connectivity index (χ3n) is 3.52. The molecule has 1 nitrogen and oxygen atoms in total. The van der Waals surface area contributed by atoms with E-state index in [4.69, 9.17) is 0 Å². The second-order valence-electron chi connectivity index (χ2n) is 5.20. The van der Waals surface area contributed by atoms with Gasteiger partial charge in [-0.25, -0.2) is 4.39 Å². The molecule has 0 bridgehead atoms. The van der Waals surface area contributed by atoms with Crippen LogP contribution in [0.4, 0.5) is 10.1 Å². The van der Waals surface area contributed by atoms with Gasteiger partial charge in [-0.3, -0.25) is 0 Å². The van der Waals surface area contributed by atoms with E-state index in [2.05, 4.69) is 41.8 Å². The van der Waals surface area contributed by atoms with E-state index in [9.17, 15) is 4.39 Å². The highest BCUT2D eigenvalue weighted by atomic mass is 127. The second-order valence-corrected chi connectivity index (χ2v) is 6.36. The van der Waals surface area contributed by atoms with Gasteiger partial charge in [0.2, 0.25) is 0 Å². The summed E-state index contributed by atoms with van der Waals surface area (Å²) in [6.07, 6.45) is 3.76. The predicted octanol–water partition coefficient (Wildman–Crippen LogP) is 4.42. The standard InChI is InChI=1S/C13H17FIN/c1-13(2)7-3-4-12(13)16-11-6-5-9(14)8-10(11)15/h5-6,8,12,16H,3-4,7H2,1-2H3. The maximum absolute atomic E-state index is 13.0. The minimum Gasteiger partial charge on any atom is -0.381 e. The lowest BCUT2D eigenvalue weighted by atomic mass is 9.87. The molecule has 1 fully saturated rings. The number of anilines is 1. The Kier molecular flexibility index (Phi) is 3.42. The Morgan fingerprint density at radius 3 is 2.75 bits per heavy atom. The molecular formula is C13H17FIN. The first-order valence-electron chi connectivity index (χ1n) is 5.71. The lowest BCUT2D eigenvalue weighted by molar-refractivity contribution is 0.350. The van der Waals surface area contributed by atoms with Crippen LogP contribution in [-0.4, -0.2) is 6.04 Å². The zero-order valence-electron chi connectivity index (χ0n) is 9.69. The van der Waals surface area contributed by atoms with Gasteiger partial charge in [-0.2, -0.15) is 0 Å². The van der Waals surface area contributed by atoms with Crippen LogP contribution in [0, 0.1) is 14.8 Å². The maximum Gasteiger partial charge on any atom is 0.124 e. The van der Waals surface area contributed by atoms with Gasteiger partial charge in [-0.1, -0.05) is 20.3 Å². The van der Waals surface area contributed by atoms with Crippen LogP contribution in [0.25, 0.3) is 0 Å². The molecule has 0 heterocycles. The number of hydrogen-bond acceptors (Lipinski definition) is 1. The molecule has 0 radical (unpaired) electrons. The molecule has 3 heteroatoms. The van der Waals surface area contributed by atoms with Gasteiger partial charge in [-0.05, 0) is 59.0 Å². The predicted molar refractivity (Wildman–Crippen MR) is 74.2 cm³/mol. The van der Waals surface area contributed by atoms with Crippen molar-refractivity contribution in [2.24, 2.45) is 5.41 Å². The zero-order valence-corrected chi connectivity index (χ0v) is 11.8. The van der Waals surface area contributed by atoms with Crippen LogP contribution < -0.4 is 5.32 Å². The summed E-state index contributed by atoms with van der Waals surface area (Å²) in [5.74, 6) is -0.166. The van der Waals surface area contributed by atoms with Crippen molar-refractivity contribution in [2.45, 2.75) is 39.2 Å². The first-order valence-corrected chi connectivity index (χ1v) is 6.78. The average Bonchev–Trinajstić information content (AvgIpc) is 2.50. The summed E-state index contributed by atoms with van der Waals surface area (Å²) in [4.78, 5) is 0. The molecule has 1 atom stereocenters. The Labute approximate surface area is 110 Å². The molecule has 0 saturated heterocycles. The van der Waals surface area contributed by atoms with Gasteiger partial charge in [0, 0.05) is 15.3 Å². The van der Waals surface area contributed by atoms with Crippen LogP contribution in [-0.2, 0) is 0 Å². The van der Waals surface area contributed by atoms with Crippen molar-refractivity contribution >= 4 is 28.3 Å². The Bertz CT molecular complexity index is 390. The first kappa shape index (κ1) is 12.1. The monoisotopic (exact) mass is 333 g/mol. The lowest BCUT2D eigenvalue weighted by Gasteiger charge is -2.29. The SMILES string of the molecule is CC1(C)CCCC1Nc1ccc(F)cc1I. The van der Waals surface area contributed by atoms with Gasteiger partial charge >= 0.3 is 0 Å². The minimum atomic E-state index is -0.166. The van der Waals surface area contributed by atoms with Gasteiger partial charge in [0.25, 0.3) is 0 Å². The molecule has 16 heavy (non-hydrogen) atoms. The number of rotatable bonds is 2. The topological polar surface area (TPSA) is 12.0 Å². The summed E-state index contributed by atoms with van der Waals surface area (Å²) >= 11 is 2.18. The van der Waals surface area contributed by atoms with Crippen LogP contribution in [0.2, 0.25) is 0 Å². The fraction of sp³-hybridized carbons (Fsp3) is 0.538. The largest absolute Gasteiger partial charge is 0.381 e. The van der Waals surface area contributed by atoms with Crippen LogP contribution in [0.1, 0.15) is 33.1 Å². The fourth-order valence-electron chi connectivity index (χ4n) is 2.39. The Morgan fingerprint density at radius 1 is 1.44 bits per heavy atom. The highest BCUT2D eigenvalue weighted by Crippen LogP contribution is 2.39. The quantitative estimate of drug-likeness (QED) is 0.790. The molecule has 2 rings (SSSR count). The van der Waals surface area contributed by atoms with E-state index in [1.54, 1.807) is 6.07 Å². The molecule has 1 saturated carbocycles. The van der Waals surface area contributed by atoms with E-state index < -0.39 is 0 Å². The van der Waals surface area contributed by atoms with Gasteiger partial charge < -0.3 is 5.32 Å². The normalized spacial score (nSPS) is 23.4. The van der Waals surface area contributed by atoms with E-state index in [1.165, 1.54) is 25.3 Å². The molecule has 1 unspecified atom stereocenters. The van der Waals surface area contributed by atoms with Gasteiger partial charge in [0.05, 0.1) is 0 Å². The van der Waals surface area contributed by atoms with Gasteiger partial charge in [0.15, 0.2) is 0 Å². The molecule has 0 aromatic heterocycles. The summed E-state index contributed by atoms with van der Waals surface area (Å²) in [6.45, 7) is 4.60. The van der Waals surface area contributed by atoms with E-state index in [1.807, 2.05) is 6.07 Å². The van der Waals surface area contributed by atoms with Crippen molar-refractivity contribution in [3.63, 3.8) is 0 Å². The number of halogens is 2. The van der Waals surface area contributed by atoms with Crippen molar-refractivity contribution < 1.29 is 4.39 Å². The van der Waals surface area contributed by atoms with E-state index in [0.717, 1.165) is 9.26 Å². The van der Waals surface area contributed by atoms with Crippen molar-refractivity contribution in [2.75, 3.05) is 5.32 Å². The fourth-order valence-corrected chi connectivity index (χ4v) is 3.02. The Hall–Kier alpha value is -0.320. The van der Waals surface area contributed by atoms with Crippen LogP contribution in [0.5, 0.6) is 0 Å². The van der Waals surface area contributed by atoms with E-state index in [0.29, 0.717) is 11.5 Å². The minimum absolute atomic E-state index is 0.166. The molecule has 88 valence electrons. The third kappa shape index (κ3) is 2.50. The maximum atomic E-state index is 13.0. The Morgan fingerprint density at radius 2 is 2.19 bits per heavy atom. The molecule has 1 aromatic carbocycles. The van der Waals surface area contributed by atoms with Crippen LogP contribution in [0.15, 0.2) is 18.2 Å². The highest BCUT2D eigenvalue weighted by molar-refractivity contribution is 14.1. The molecule has 0 spiro atoms. The number of nitrogens with one attached hydrogen (secondary N) is 1. The summed E-state index contributed by atoms with van der Waals surface area (Å²) < 4.78 is 13.9. The average molecular weight is 333 g/mol. The third-order valence-corrected chi connectivity index (χ3v) is 4.41. The van der Waals surface area contributed by atoms with Crippen molar-refractivity contribution in [1.29, 1.82) is 0 Å². The van der Waals surface area contributed by atoms with Gasteiger partial charge in [0.1, 0.15) is 5.82 Å². The van der Waals surface area contributed by atoms with Crippen molar-refractivity contribution in [3.8, 4) is 0 Å². The molecule has 0 aliphatic heterocycles. The summed E-state index contributed by atoms with van der Waals surface area (Å²) in [7, 11) is 0. The summed E-state index contributed by atoms with van der Waals surface area (Å²) in [5, 5.41) is 3.55. The highest BCUT2D eigenvalue weighted by Gasteiger charge is 2.34. The van der Waals surface area contributed by atoms with E-state index >= 15 is 0 Å². The number of hydrogen-bond donors (Lipinski definition) is 1. The molecule has 1 aliphatic carbocycles. The second kappa shape index (κ2) is 4.51.